The number of rotatable bonds is 7. The Balaban J connectivity index is 1.88. The van der Waals surface area contributed by atoms with Gasteiger partial charge in [-0.2, -0.15) is 16.9 Å². The molecule has 2 heterocycles. The number of carboxylic acid groups (broad SMARTS) is 1. The summed E-state index contributed by atoms with van der Waals surface area (Å²) in [6.45, 7) is 5.51. The van der Waals surface area contributed by atoms with Crippen LogP contribution in [0.5, 0.6) is 0 Å². The van der Waals surface area contributed by atoms with E-state index in [1.54, 1.807) is 6.20 Å². The zero-order valence-corrected chi connectivity index (χ0v) is 12.8. The van der Waals surface area contributed by atoms with E-state index in [0.29, 0.717) is 5.92 Å². The van der Waals surface area contributed by atoms with Crippen molar-refractivity contribution < 1.29 is 9.90 Å². The van der Waals surface area contributed by atoms with Gasteiger partial charge >= 0.3 is 5.97 Å². The third-order valence-electron chi connectivity index (χ3n) is 3.64. The van der Waals surface area contributed by atoms with Crippen LogP contribution in [0.3, 0.4) is 0 Å². The fourth-order valence-electron chi connectivity index (χ4n) is 2.66. The number of carbonyl (C=O) groups is 1. The number of nitrogens with zero attached hydrogens (tertiary/aromatic N) is 3. The molecule has 0 radical (unpaired) electrons. The molecule has 1 aliphatic rings. The van der Waals surface area contributed by atoms with Crippen LogP contribution in [0.25, 0.3) is 0 Å². The maximum Gasteiger partial charge on any atom is 0.325 e. The van der Waals surface area contributed by atoms with Crippen molar-refractivity contribution in [2.24, 2.45) is 0 Å². The van der Waals surface area contributed by atoms with E-state index in [4.69, 9.17) is 5.11 Å². The summed E-state index contributed by atoms with van der Waals surface area (Å²) in [7, 11) is 0. The van der Waals surface area contributed by atoms with Gasteiger partial charge in [0.05, 0.1) is 5.69 Å². The molecule has 1 aliphatic heterocycles. The monoisotopic (exact) mass is 297 g/mol. The topological polar surface area (TPSA) is 58.4 Å². The second-order valence-electron chi connectivity index (χ2n) is 5.17. The highest BCUT2D eigenvalue weighted by Crippen LogP contribution is 2.25. The molecular formula is C14H23N3O2S. The SMILES string of the molecule is CCSCCN1CCC[C@H](c2ccn(CC(=O)O)n2)C1. The van der Waals surface area contributed by atoms with Crippen molar-refractivity contribution >= 4 is 17.7 Å². The Labute approximate surface area is 124 Å². The molecule has 1 N–H and O–H groups in total. The quantitative estimate of drug-likeness (QED) is 0.779. The van der Waals surface area contributed by atoms with E-state index < -0.39 is 5.97 Å². The Morgan fingerprint density at radius 1 is 1.60 bits per heavy atom. The predicted molar refractivity (Wildman–Crippen MR) is 81.3 cm³/mol. The van der Waals surface area contributed by atoms with Gasteiger partial charge in [0, 0.05) is 31.0 Å². The first kappa shape index (κ1) is 15.4. The summed E-state index contributed by atoms with van der Waals surface area (Å²) in [4.78, 5) is 13.2. The lowest BCUT2D eigenvalue weighted by atomic mass is 9.95. The Hall–Kier alpha value is -1.01. The first-order chi connectivity index (χ1) is 9.69. The molecule has 112 valence electrons. The van der Waals surface area contributed by atoms with Crippen molar-refractivity contribution in [1.82, 2.24) is 14.7 Å². The number of thioether (sulfide) groups is 1. The molecular weight excluding hydrogens is 274 g/mol. The predicted octanol–water partition coefficient (Wildman–Crippen LogP) is 1.90. The molecule has 0 unspecified atom stereocenters. The number of piperidine rings is 1. The highest BCUT2D eigenvalue weighted by molar-refractivity contribution is 7.99. The van der Waals surface area contributed by atoms with Crippen LogP contribution in [0.2, 0.25) is 0 Å². The molecule has 5 nitrogen and oxygen atoms in total. The minimum Gasteiger partial charge on any atom is -0.480 e. The first-order valence-corrected chi connectivity index (χ1v) is 8.39. The molecule has 1 aromatic rings. The van der Waals surface area contributed by atoms with Crippen LogP contribution in [-0.2, 0) is 11.3 Å². The zero-order chi connectivity index (χ0) is 14.4. The molecule has 6 heteroatoms. The molecule has 0 spiro atoms. The molecule has 1 atom stereocenters. The summed E-state index contributed by atoms with van der Waals surface area (Å²) < 4.78 is 1.52. The lowest BCUT2D eigenvalue weighted by molar-refractivity contribution is -0.137. The van der Waals surface area contributed by atoms with Gasteiger partial charge in [-0.05, 0) is 31.2 Å². The molecule has 1 fully saturated rings. The summed E-state index contributed by atoms with van der Waals surface area (Å²) in [5.41, 5.74) is 1.04. The summed E-state index contributed by atoms with van der Waals surface area (Å²) in [5, 5.41) is 13.2. The van der Waals surface area contributed by atoms with Gasteiger partial charge in [-0.3, -0.25) is 9.48 Å². The first-order valence-electron chi connectivity index (χ1n) is 7.24. The lowest BCUT2D eigenvalue weighted by Gasteiger charge is -2.31. The molecule has 1 saturated heterocycles. The third kappa shape index (κ3) is 4.52. The van der Waals surface area contributed by atoms with Crippen LogP contribution in [0.4, 0.5) is 0 Å². The van der Waals surface area contributed by atoms with Crippen molar-refractivity contribution in [1.29, 1.82) is 0 Å². The van der Waals surface area contributed by atoms with Gasteiger partial charge in [0.2, 0.25) is 0 Å². The Morgan fingerprint density at radius 3 is 3.20 bits per heavy atom. The van der Waals surface area contributed by atoms with Crippen LogP contribution in [0.15, 0.2) is 12.3 Å². The molecule has 1 aromatic heterocycles. The highest BCUT2D eigenvalue weighted by atomic mass is 32.2. The molecule has 0 aliphatic carbocycles. The summed E-state index contributed by atoms with van der Waals surface area (Å²) in [6, 6.07) is 1.97. The Bertz CT molecular complexity index is 436. The van der Waals surface area contributed by atoms with Gasteiger partial charge in [0.25, 0.3) is 0 Å². The minimum absolute atomic E-state index is 0.0520. The largest absolute Gasteiger partial charge is 0.480 e. The van der Waals surface area contributed by atoms with Crippen LogP contribution < -0.4 is 0 Å². The number of hydrogen-bond acceptors (Lipinski definition) is 4. The smallest absolute Gasteiger partial charge is 0.325 e. The van der Waals surface area contributed by atoms with E-state index in [1.807, 2.05) is 17.8 Å². The lowest BCUT2D eigenvalue weighted by Crippen LogP contribution is -2.36. The van der Waals surface area contributed by atoms with Crippen molar-refractivity contribution in [2.45, 2.75) is 32.2 Å². The maximum atomic E-state index is 10.7. The van der Waals surface area contributed by atoms with Gasteiger partial charge in [0.1, 0.15) is 6.54 Å². The maximum absolute atomic E-state index is 10.7. The molecule has 20 heavy (non-hydrogen) atoms. The molecule has 0 saturated carbocycles. The average molecular weight is 297 g/mol. The van der Waals surface area contributed by atoms with E-state index in [-0.39, 0.29) is 6.54 Å². The van der Waals surface area contributed by atoms with Gasteiger partial charge < -0.3 is 10.0 Å². The van der Waals surface area contributed by atoms with Gasteiger partial charge in [0.15, 0.2) is 0 Å². The van der Waals surface area contributed by atoms with E-state index >= 15 is 0 Å². The second kappa shape index (κ2) is 7.69. The van der Waals surface area contributed by atoms with Crippen molar-refractivity contribution in [3.05, 3.63) is 18.0 Å². The van der Waals surface area contributed by atoms with Crippen LogP contribution in [0, 0.1) is 0 Å². The number of hydrogen-bond donors (Lipinski definition) is 1. The molecule has 0 amide bonds. The zero-order valence-electron chi connectivity index (χ0n) is 12.0. The molecule has 0 aromatic carbocycles. The summed E-state index contributed by atoms with van der Waals surface area (Å²) in [6.07, 6.45) is 4.13. The van der Waals surface area contributed by atoms with Crippen LogP contribution in [0.1, 0.15) is 31.4 Å². The van der Waals surface area contributed by atoms with E-state index in [0.717, 1.165) is 25.2 Å². The molecule has 2 rings (SSSR count). The summed E-state index contributed by atoms with van der Waals surface area (Å²) >= 11 is 1.98. The van der Waals surface area contributed by atoms with Crippen molar-refractivity contribution in [3.8, 4) is 0 Å². The van der Waals surface area contributed by atoms with Gasteiger partial charge in [-0.1, -0.05) is 6.92 Å². The highest BCUT2D eigenvalue weighted by Gasteiger charge is 2.22. The number of aromatic nitrogens is 2. The van der Waals surface area contributed by atoms with Crippen LogP contribution in [-0.4, -0.2) is 56.9 Å². The Morgan fingerprint density at radius 2 is 2.45 bits per heavy atom. The fourth-order valence-corrected chi connectivity index (χ4v) is 3.34. The van der Waals surface area contributed by atoms with E-state index in [9.17, 15) is 4.79 Å². The average Bonchev–Trinajstić information content (AvgIpc) is 2.87. The van der Waals surface area contributed by atoms with Crippen molar-refractivity contribution in [2.75, 3.05) is 31.1 Å². The van der Waals surface area contributed by atoms with Crippen LogP contribution >= 0.6 is 11.8 Å². The van der Waals surface area contributed by atoms with Gasteiger partial charge in [-0.25, -0.2) is 0 Å². The second-order valence-corrected chi connectivity index (χ2v) is 6.56. The summed E-state index contributed by atoms with van der Waals surface area (Å²) in [5.74, 6) is 1.97. The Kier molecular flexibility index (Phi) is 5.91. The number of likely N-dealkylation sites (tertiary alicyclic amines) is 1. The minimum atomic E-state index is -0.846. The number of aliphatic carboxylic acids is 1. The number of carboxylic acids is 1. The third-order valence-corrected chi connectivity index (χ3v) is 4.52. The standard InChI is InChI=1S/C14H23N3O2S/c1-2-20-9-8-16-6-3-4-12(10-16)13-5-7-17(15-13)11-14(18)19/h5,7,12H,2-4,6,8-11H2,1H3,(H,18,19)/t12-/m0/s1. The normalized spacial score (nSPS) is 20.1. The molecule has 0 bridgehead atoms. The van der Waals surface area contributed by atoms with Crippen molar-refractivity contribution in [3.63, 3.8) is 0 Å². The fraction of sp³-hybridized carbons (Fsp3) is 0.714. The van der Waals surface area contributed by atoms with E-state index in [1.165, 1.54) is 29.2 Å². The van der Waals surface area contributed by atoms with Gasteiger partial charge in [-0.15, -0.1) is 0 Å². The van der Waals surface area contributed by atoms with E-state index in [2.05, 4.69) is 16.9 Å².